The highest BCUT2D eigenvalue weighted by molar-refractivity contribution is 5.54. The number of hydrogen-bond donors (Lipinski definition) is 1. The maximum atomic E-state index is 9.67. The van der Waals surface area contributed by atoms with Crippen molar-refractivity contribution in [1.82, 2.24) is 4.90 Å². The Labute approximate surface area is 275 Å². The van der Waals surface area contributed by atoms with Gasteiger partial charge >= 0.3 is 0 Å². The number of hydrogen-bond acceptors (Lipinski definition) is 3. The first-order valence-electron chi connectivity index (χ1n) is 19.8. The van der Waals surface area contributed by atoms with Gasteiger partial charge in [0.25, 0.3) is 0 Å². The predicted molar refractivity (Wildman–Crippen MR) is 185 cm³/mol. The summed E-state index contributed by atoms with van der Waals surface area (Å²) in [6, 6.07) is 0. The Kier molecular flexibility index (Phi) is 7.71. The third kappa shape index (κ3) is 3.76. The lowest BCUT2D eigenvalue weighted by Gasteiger charge is -2.74. The average Bonchev–Trinajstić information content (AvgIpc) is 3.21. The standard InChI is InChI=1S/C42H65NO2/c1-5-6-7-8-9-26-45-27-18-34-14-10-20-38(34)28-32(3)41-24-15-31(2)36(41)29-42(38)37(41,4)19-12-21-40(42)23-17-35-33(13-11-25-44)16-22-39(35)30-43(39)40/h12,17,21,23,32-35,44H,5-11,13-16,18-20,22,24-30H2,1-4H3/t32-,33-,34-,35+,37-,38+,39+,40-,41-,42-,43?/m1/s1. The van der Waals surface area contributed by atoms with Crippen molar-refractivity contribution in [1.29, 1.82) is 0 Å². The summed E-state index contributed by atoms with van der Waals surface area (Å²) in [6.45, 7) is 14.0. The number of aliphatic hydroxyl groups excluding tert-OH is 1. The molecule has 3 heteroatoms. The van der Waals surface area contributed by atoms with Gasteiger partial charge in [-0.05, 0) is 125 Å². The summed E-state index contributed by atoms with van der Waals surface area (Å²) in [7, 11) is 0. The summed E-state index contributed by atoms with van der Waals surface area (Å²) in [4.78, 5) is 3.13. The van der Waals surface area contributed by atoms with Gasteiger partial charge in [0, 0.05) is 42.7 Å². The van der Waals surface area contributed by atoms with Crippen molar-refractivity contribution in [3.05, 3.63) is 35.5 Å². The van der Waals surface area contributed by atoms with Gasteiger partial charge in [0.15, 0.2) is 0 Å². The largest absolute Gasteiger partial charge is 0.396 e. The Morgan fingerprint density at radius 1 is 1.00 bits per heavy atom. The van der Waals surface area contributed by atoms with Crippen molar-refractivity contribution >= 4 is 0 Å². The Hall–Kier alpha value is -0.900. The van der Waals surface area contributed by atoms with Crippen LogP contribution in [-0.4, -0.2) is 47.4 Å². The minimum Gasteiger partial charge on any atom is -0.396 e. The van der Waals surface area contributed by atoms with Gasteiger partial charge in [-0.2, -0.15) is 0 Å². The van der Waals surface area contributed by atoms with Gasteiger partial charge in [-0.15, -0.1) is 0 Å². The minimum atomic E-state index is 0.0514. The molecule has 45 heavy (non-hydrogen) atoms. The van der Waals surface area contributed by atoms with E-state index in [-0.39, 0.29) is 11.0 Å². The Morgan fingerprint density at radius 3 is 2.71 bits per heavy atom. The molecule has 2 heterocycles. The van der Waals surface area contributed by atoms with Gasteiger partial charge < -0.3 is 9.84 Å². The number of ether oxygens (including phenoxy) is 1. The number of unbranched alkanes of at least 4 members (excludes halogenated alkanes) is 4. The zero-order valence-electron chi connectivity index (χ0n) is 29.5. The van der Waals surface area contributed by atoms with E-state index in [1.807, 2.05) is 5.57 Å². The van der Waals surface area contributed by atoms with Crippen LogP contribution in [0.1, 0.15) is 143 Å². The second-order valence-corrected chi connectivity index (χ2v) is 18.0. The highest BCUT2D eigenvalue weighted by atomic mass is 16.5. The third-order valence-electron chi connectivity index (χ3n) is 16.9. The normalized spacial score (nSPS) is 50.0. The molecule has 250 valence electrons. The van der Waals surface area contributed by atoms with Crippen molar-refractivity contribution in [3.63, 3.8) is 0 Å². The van der Waals surface area contributed by atoms with Gasteiger partial charge in [-0.3, -0.25) is 4.90 Å². The van der Waals surface area contributed by atoms with Crippen molar-refractivity contribution < 1.29 is 9.84 Å². The summed E-state index contributed by atoms with van der Waals surface area (Å²) < 4.78 is 6.47. The zero-order valence-corrected chi connectivity index (χ0v) is 29.5. The van der Waals surface area contributed by atoms with Crippen LogP contribution < -0.4 is 0 Å². The molecule has 3 nitrogen and oxygen atoms in total. The van der Waals surface area contributed by atoms with E-state index >= 15 is 0 Å². The lowest BCUT2D eigenvalue weighted by molar-refractivity contribution is -0.231. The molecule has 2 aliphatic heterocycles. The monoisotopic (exact) mass is 616 g/mol. The number of allylic oxidation sites excluding steroid dienone is 3. The van der Waals surface area contributed by atoms with E-state index in [9.17, 15) is 5.11 Å². The molecule has 1 unspecified atom stereocenters. The first-order chi connectivity index (χ1) is 21.8. The van der Waals surface area contributed by atoms with Crippen LogP contribution in [0.15, 0.2) is 35.5 Å². The molecule has 5 fully saturated rings. The fraction of sp³-hybridized carbons (Fsp3) is 0.857. The first-order valence-corrected chi connectivity index (χ1v) is 19.8. The quantitative estimate of drug-likeness (QED) is 0.135. The molecule has 0 aromatic carbocycles. The zero-order chi connectivity index (χ0) is 31.1. The second-order valence-electron chi connectivity index (χ2n) is 18.0. The smallest absolute Gasteiger partial charge is 0.0652 e. The van der Waals surface area contributed by atoms with Gasteiger partial charge in [-0.1, -0.05) is 88.3 Å². The highest BCUT2D eigenvalue weighted by Gasteiger charge is 2.87. The molecule has 4 saturated carbocycles. The van der Waals surface area contributed by atoms with Crippen molar-refractivity contribution in [2.45, 2.75) is 154 Å². The van der Waals surface area contributed by atoms with E-state index in [1.165, 1.54) is 116 Å². The van der Waals surface area contributed by atoms with E-state index in [0.29, 0.717) is 34.3 Å². The van der Waals surface area contributed by atoms with Crippen molar-refractivity contribution in [2.75, 3.05) is 26.4 Å². The fourth-order valence-corrected chi connectivity index (χ4v) is 15.3. The molecule has 2 bridgehead atoms. The Morgan fingerprint density at radius 2 is 1.87 bits per heavy atom. The van der Waals surface area contributed by atoms with Crippen molar-refractivity contribution in [3.8, 4) is 0 Å². The van der Waals surface area contributed by atoms with Crippen LogP contribution in [0.2, 0.25) is 0 Å². The van der Waals surface area contributed by atoms with Crippen LogP contribution in [0, 0.1) is 45.3 Å². The SMILES string of the molecule is CCCCCCCOCC[C@H]1CCC[C@]12C[C@@H](C)[C@]13CCC(C)=C1C[C@]21[C@@]2(C=CC[C@@]13C)C=C[C@H]1[C@H](CCCO)CC[C@]13CN32. The lowest BCUT2D eigenvalue weighted by atomic mass is 9.31. The van der Waals surface area contributed by atoms with Crippen LogP contribution in [0.25, 0.3) is 0 Å². The number of rotatable bonds is 12. The van der Waals surface area contributed by atoms with Crippen molar-refractivity contribution in [2.24, 2.45) is 45.3 Å². The Balaban J connectivity index is 1.19. The maximum Gasteiger partial charge on any atom is 0.0652 e. The maximum absolute atomic E-state index is 9.67. The minimum absolute atomic E-state index is 0.0514. The van der Waals surface area contributed by atoms with E-state index in [1.54, 1.807) is 5.57 Å². The molecule has 0 aromatic rings. The molecule has 6 aliphatic carbocycles. The summed E-state index contributed by atoms with van der Waals surface area (Å²) in [5.74, 6) is 2.99. The summed E-state index contributed by atoms with van der Waals surface area (Å²) >= 11 is 0. The molecular formula is C42H65NO2. The molecule has 8 rings (SSSR count). The average molecular weight is 616 g/mol. The fourth-order valence-electron chi connectivity index (χ4n) is 15.3. The summed E-state index contributed by atoms with van der Waals surface area (Å²) in [6.07, 6.45) is 35.0. The number of fused-ring (bicyclic) bond motifs is 1. The van der Waals surface area contributed by atoms with Crippen LogP contribution in [0.4, 0.5) is 0 Å². The summed E-state index contributed by atoms with van der Waals surface area (Å²) in [5.41, 5.74) is 5.47. The van der Waals surface area contributed by atoms with E-state index in [2.05, 4.69) is 56.9 Å². The van der Waals surface area contributed by atoms with E-state index in [0.717, 1.165) is 37.4 Å². The van der Waals surface area contributed by atoms with Crippen LogP contribution in [-0.2, 0) is 4.74 Å². The van der Waals surface area contributed by atoms with Gasteiger partial charge in [0.2, 0.25) is 0 Å². The molecule has 8 aliphatic rings. The predicted octanol–water partition coefficient (Wildman–Crippen LogP) is 9.80. The molecule has 4 spiro atoms. The molecule has 1 N–H and O–H groups in total. The van der Waals surface area contributed by atoms with Gasteiger partial charge in [0.05, 0.1) is 5.54 Å². The number of aliphatic hydroxyl groups is 1. The molecule has 0 amide bonds. The molecular weight excluding hydrogens is 550 g/mol. The highest BCUT2D eigenvalue weighted by Crippen LogP contribution is 2.90. The first kappa shape index (κ1) is 31.4. The molecule has 0 aromatic heterocycles. The van der Waals surface area contributed by atoms with E-state index in [4.69, 9.17) is 4.74 Å². The number of nitrogens with zero attached hydrogens (tertiary/aromatic N) is 1. The van der Waals surface area contributed by atoms with E-state index < -0.39 is 0 Å². The van der Waals surface area contributed by atoms with Crippen LogP contribution in [0.3, 0.4) is 0 Å². The Bertz CT molecular complexity index is 1250. The van der Waals surface area contributed by atoms with Crippen LogP contribution >= 0.6 is 0 Å². The molecule has 0 radical (unpaired) electrons. The topological polar surface area (TPSA) is 32.5 Å². The summed E-state index contributed by atoms with van der Waals surface area (Å²) in [5, 5.41) is 9.67. The molecule has 1 saturated heterocycles. The second kappa shape index (κ2) is 11.1. The van der Waals surface area contributed by atoms with Gasteiger partial charge in [-0.25, -0.2) is 0 Å². The van der Waals surface area contributed by atoms with Crippen LogP contribution in [0.5, 0.6) is 0 Å². The third-order valence-corrected chi connectivity index (χ3v) is 16.9. The molecule has 11 atom stereocenters. The lowest BCUT2D eigenvalue weighted by Crippen LogP contribution is -2.73. The van der Waals surface area contributed by atoms with Gasteiger partial charge in [0.1, 0.15) is 0 Å².